The fraction of sp³-hybridized carbons (Fsp3) is 0.412. The minimum Gasteiger partial charge on any atom is -0.497 e. The summed E-state index contributed by atoms with van der Waals surface area (Å²) in [6.07, 6.45) is 0.967. The Morgan fingerprint density at radius 3 is 2.19 bits per heavy atom. The average Bonchev–Trinajstić information content (AvgIpc) is 2.50. The topological polar surface area (TPSA) is 47.0 Å². The maximum atomic E-state index is 5.18. The molecular formula is C17H23N3O. The Kier molecular flexibility index (Phi) is 5.28. The Labute approximate surface area is 126 Å². The Morgan fingerprint density at radius 2 is 1.67 bits per heavy atom. The van der Waals surface area contributed by atoms with Gasteiger partial charge in [-0.1, -0.05) is 6.92 Å². The predicted octanol–water partition coefficient (Wildman–Crippen LogP) is 2.92. The van der Waals surface area contributed by atoms with E-state index in [2.05, 4.69) is 36.1 Å². The van der Waals surface area contributed by atoms with Gasteiger partial charge in [0.15, 0.2) is 5.82 Å². The number of rotatable bonds is 6. The molecule has 0 saturated carbocycles. The Balaban J connectivity index is 2.25. The highest BCUT2D eigenvalue weighted by atomic mass is 16.5. The van der Waals surface area contributed by atoms with Gasteiger partial charge in [0.2, 0.25) is 0 Å². The summed E-state index contributed by atoms with van der Waals surface area (Å²) in [6, 6.07) is 7.85. The van der Waals surface area contributed by atoms with Gasteiger partial charge in [0.25, 0.3) is 0 Å². The molecule has 1 heterocycles. The third kappa shape index (κ3) is 3.79. The molecule has 0 spiro atoms. The van der Waals surface area contributed by atoms with Gasteiger partial charge in [-0.15, -0.1) is 0 Å². The average molecular weight is 285 g/mol. The minimum atomic E-state index is 0.778. The summed E-state index contributed by atoms with van der Waals surface area (Å²) in [5.41, 5.74) is 4.38. The molecule has 4 nitrogen and oxygen atoms in total. The van der Waals surface area contributed by atoms with Crippen molar-refractivity contribution in [3.63, 3.8) is 0 Å². The van der Waals surface area contributed by atoms with Crippen LogP contribution in [0.25, 0.3) is 11.4 Å². The fourth-order valence-corrected chi connectivity index (χ4v) is 2.36. The summed E-state index contributed by atoms with van der Waals surface area (Å²) in [5.74, 6) is 1.62. The lowest BCUT2D eigenvalue weighted by atomic mass is 10.1. The van der Waals surface area contributed by atoms with Crippen molar-refractivity contribution in [2.75, 3.05) is 20.2 Å². The van der Waals surface area contributed by atoms with Crippen molar-refractivity contribution in [2.45, 2.75) is 27.2 Å². The number of benzene rings is 1. The molecule has 1 N–H and O–H groups in total. The highest BCUT2D eigenvalue weighted by Gasteiger charge is 2.09. The molecule has 0 aliphatic carbocycles. The first-order chi connectivity index (χ1) is 10.2. The van der Waals surface area contributed by atoms with E-state index in [0.29, 0.717) is 0 Å². The second-order valence-electron chi connectivity index (χ2n) is 5.03. The molecule has 0 aliphatic heterocycles. The summed E-state index contributed by atoms with van der Waals surface area (Å²) in [5, 5.41) is 3.34. The molecule has 2 rings (SSSR count). The van der Waals surface area contributed by atoms with Crippen LogP contribution in [0.1, 0.15) is 23.9 Å². The number of ether oxygens (including phenoxy) is 1. The maximum absolute atomic E-state index is 5.18. The largest absolute Gasteiger partial charge is 0.497 e. The van der Waals surface area contributed by atoms with E-state index < -0.39 is 0 Å². The van der Waals surface area contributed by atoms with Crippen molar-refractivity contribution in [3.05, 3.63) is 41.2 Å². The van der Waals surface area contributed by atoms with Crippen molar-refractivity contribution < 1.29 is 4.74 Å². The van der Waals surface area contributed by atoms with Crippen LogP contribution in [0.5, 0.6) is 5.75 Å². The second-order valence-corrected chi connectivity index (χ2v) is 5.03. The molecule has 0 amide bonds. The van der Waals surface area contributed by atoms with Gasteiger partial charge in [-0.2, -0.15) is 0 Å². The molecule has 4 heteroatoms. The zero-order chi connectivity index (χ0) is 15.2. The van der Waals surface area contributed by atoms with Gasteiger partial charge < -0.3 is 10.1 Å². The van der Waals surface area contributed by atoms with E-state index in [4.69, 9.17) is 4.74 Å². The van der Waals surface area contributed by atoms with Crippen LogP contribution in [0.3, 0.4) is 0 Å². The van der Waals surface area contributed by atoms with Gasteiger partial charge >= 0.3 is 0 Å². The van der Waals surface area contributed by atoms with E-state index in [-0.39, 0.29) is 0 Å². The number of aromatic nitrogens is 2. The highest BCUT2D eigenvalue weighted by Crippen LogP contribution is 2.21. The van der Waals surface area contributed by atoms with Crippen molar-refractivity contribution in [3.8, 4) is 17.1 Å². The van der Waals surface area contributed by atoms with Crippen molar-refractivity contribution in [2.24, 2.45) is 0 Å². The SMILES string of the molecule is CCNCCc1c(C)nc(-c2ccc(OC)cc2)nc1C. The van der Waals surface area contributed by atoms with Crippen molar-refractivity contribution in [1.29, 1.82) is 0 Å². The van der Waals surface area contributed by atoms with E-state index in [1.54, 1.807) is 7.11 Å². The third-order valence-corrected chi connectivity index (χ3v) is 3.57. The number of aryl methyl sites for hydroxylation is 2. The van der Waals surface area contributed by atoms with Crippen LogP contribution in [0.2, 0.25) is 0 Å². The van der Waals surface area contributed by atoms with Crippen LogP contribution in [-0.4, -0.2) is 30.2 Å². The lowest BCUT2D eigenvalue weighted by Crippen LogP contribution is -2.17. The Bertz CT molecular complexity index is 570. The van der Waals surface area contributed by atoms with Gasteiger partial charge in [-0.3, -0.25) is 0 Å². The lowest BCUT2D eigenvalue weighted by molar-refractivity contribution is 0.415. The van der Waals surface area contributed by atoms with E-state index in [1.807, 2.05) is 24.3 Å². The first-order valence-electron chi connectivity index (χ1n) is 7.35. The van der Waals surface area contributed by atoms with Crippen LogP contribution >= 0.6 is 0 Å². The number of nitrogens with one attached hydrogen (secondary N) is 1. The summed E-state index contributed by atoms with van der Waals surface area (Å²) >= 11 is 0. The van der Waals surface area contributed by atoms with Crippen molar-refractivity contribution >= 4 is 0 Å². The molecule has 1 aromatic carbocycles. The summed E-state index contributed by atoms with van der Waals surface area (Å²) < 4.78 is 5.18. The van der Waals surface area contributed by atoms with E-state index in [9.17, 15) is 0 Å². The van der Waals surface area contributed by atoms with E-state index in [1.165, 1.54) is 5.56 Å². The molecule has 0 saturated heterocycles. The molecule has 1 aromatic heterocycles. The monoisotopic (exact) mass is 285 g/mol. The van der Waals surface area contributed by atoms with Crippen LogP contribution in [0.4, 0.5) is 0 Å². The van der Waals surface area contributed by atoms with E-state index >= 15 is 0 Å². The molecule has 0 aliphatic rings. The molecule has 0 bridgehead atoms. The van der Waals surface area contributed by atoms with Crippen LogP contribution in [0, 0.1) is 13.8 Å². The molecule has 0 unspecified atom stereocenters. The lowest BCUT2D eigenvalue weighted by Gasteiger charge is -2.11. The molecule has 112 valence electrons. The standard InChI is InChI=1S/C17H23N3O/c1-5-18-11-10-16-12(2)19-17(20-13(16)3)14-6-8-15(21-4)9-7-14/h6-9,18H,5,10-11H2,1-4H3. The van der Waals surface area contributed by atoms with Crippen LogP contribution in [-0.2, 0) is 6.42 Å². The zero-order valence-electron chi connectivity index (χ0n) is 13.2. The molecule has 0 radical (unpaired) electrons. The van der Waals surface area contributed by atoms with Gasteiger partial charge in [-0.25, -0.2) is 9.97 Å². The molecule has 2 aromatic rings. The maximum Gasteiger partial charge on any atom is 0.159 e. The first kappa shape index (κ1) is 15.4. The van der Waals surface area contributed by atoms with Gasteiger partial charge in [-0.05, 0) is 63.2 Å². The number of hydrogen-bond donors (Lipinski definition) is 1. The number of hydrogen-bond acceptors (Lipinski definition) is 4. The Morgan fingerprint density at radius 1 is 1.05 bits per heavy atom. The summed E-state index contributed by atoms with van der Waals surface area (Å²) in [4.78, 5) is 9.32. The molecule has 0 fully saturated rings. The first-order valence-corrected chi connectivity index (χ1v) is 7.35. The summed E-state index contributed by atoms with van der Waals surface area (Å²) in [6.45, 7) is 8.18. The Hall–Kier alpha value is -1.94. The fourth-order valence-electron chi connectivity index (χ4n) is 2.36. The van der Waals surface area contributed by atoms with Crippen LogP contribution in [0.15, 0.2) is 24.3 Å². The summed E-state index contributed by atoms with van der Waals surface area (Å²) in [7, 11) is 1.67. The van der Waals surface area contributed by atoms with Gasteiger partial charge in [0.05, 0.1) is 7.11 Å². The molecule has 0 atom stereocenters. The smallest absolute Gasteiger partial charge is 0.159 e. The number of likely N-dealkylation sites (N-methyl/N-ethyl adjacent to an activating group) is 1. The molecular weight excluding hydrogens is 262 g/mol. The quantitative estimate of drug-likeness (QED) is 0.829. The minimum absolute atomic E-state index is 0.778. The van der Waals surface area contributed by atoms with Gasteiger partial charge in [0.1, 0.15) is 5.75 Å². The van der Waals surface area contributed by atoms with Gasteiger partial charge in [0, 0.05) is 17.0 Å². The van der Waals surface area contributed by atoms with E-state index in [0.717, 1.165) is 48.0 Å². The van der Waals surface area contributed by atoms with Crippen molar-refractivity contribution in [1.82, 2.24) is 15.3 Å². The highest BCUT2D eigenvalue weighted by molar-refractivity contribution is 5.57. The van der Waals surface area contributed by atoms with Crippen LogP contribution < -0.4 is 10.1 Å². The number of methoxy groups -OCH3 is 1. The normalized spacial score (nSPS) is 10.7. The predicted molar refractivity (Wildman–Crippen MR) is 85.7 cm³/mol. The number of nitrogens with zero attached hydrogens (tertiary/aromatic N) is 2. The molecule has 21 heavy (non-hydrogen) atoms. The second kappa shape index (κ2) is 7.18. The third-order valence-electron chi connectivity index (χ3n) is 3.57. The zero-order valence-corrected chi connectivity index (χ0v) is 13.2.